The van der Waals surface area contributed by atoms with E-state index in [4.69, 9.17) is 0 Å². The Bertz CT molecular complexity index is 1610. The summed E-state index contributed by atoms with van der Waals surface area (Å²) in [5, 5.41) is 4.59. The van der Waals surface area contributed by atoms with Crippen molar-refractivity contribution in [2.45, 2.75) is 39.8 Å². The van der Waals surface area contributed by atoms with Crippen LogP contribution >= 0.6 is 0 Å². The number of fused-ring (bicyclic) bond motifs is 1. The summed E-state index contributed by atoms with van der Waals surface area (Å²) in [7, 11) is -3.86. The molecule has 0 unspecified atom stereocenters. The molecule has 7 nitrogen and oxygen atoms in total. The number of aryl methyl sites for hydroxylation is 1. The van der Waals surface area contributed by atoms with Gasteiger partial charge >= 0.3 is 0 Å². The van der Waals surface area contributed by atoms with Crippen molar-refractivity contribution in [1.82, 2.24) is 10.2 Å². The summed E-state index contributed by atoms with van der Waals surface area (Å²) < 4.78 is 27.5. The van der Waals surface area contributed by atoms with E-state index in [1.54, 1.807) is 12.1 Å². The van der Waals surface area contributed by atoms with E-state index in [-0.39, 0.29) is 24.8 Å². The molecule has 1 atom stereocenters. The maximum atomic E-state index is 14.3. The topological polar surface area (TPSA) is 86.8 Å². The van der Waals surface area contributed by atoms with Gasteiger partial charge in [-0.25, -0.2) is 8.42 Å². The Kier molecular flexibility index (Phi) is 10.0. The number of amides is 2. The minimum absolute atomic E-state index is 0.152. The molecule has 0 saturated carbocycles. The number of hydrogen-bond acceptors (Lipinski definition) is 4. The fraction of sp³-hybridized carbons (Fsp3) is 0.294. The highest BCUT2D eigenvalue weighted by molar-refractivity contribution is 7.92. The van der Waals surface area contributed by atoms with Gasteiger partial charge in [-0.3, -0.25) is 13.9 Å². The summed E-state index contributed by atoms with van der Waals surface area (Å²) in [6.45, 7) is 6.17. The number of nitrogens with zero attached hydrogens (tertiary/aromatic N) is 2. The summed E-state index contributed by atoms with van der Waals surface area (Å²) in [6.07, 6.45) is 1.39. The van der Waals surface area contributed by atoms with Crippen molar-refractivity contribution < 1.29 is 18.0 Å². The van der Waals surface area contributed by atoms with Gasteiger partial charge in [-0.1, -0.05) is 110 Å². The smallest absolute Gasteiger partial charge is 0.244 e. The summed E-state index contributed by atoms with van der Waals surface area (Å²) in [6, 6.07) is 29.3. The van der Waals surface area contributed by atoms with Crippen molar-refractivity contribution in [3.8, 4) is 0 Å². The van der Waals surface area contributed by atoms with E-state index in [9.17, 15) is 18.0 Å². The summed E-state index contributed by atoms with van der Waals surface area (Å²) in [5.41, 5.74) is 3.24. The molecule has 4 aromatic rings. The van der Waals surface area contributed by atoms with Gasteiger partial charge in [-0.05, 0) is 35.4 Å². The fourth-order valence-corrected chi connectivity index (χ4v) is 5.75. The van der Waals surface area contributed by atoms with Crippen LogP contribution in [0.3, 0.4) is 0 Å². The maximum Gasteiger partial charge on any atom is 0.244 e. The minimum Gasteiger partial charge on any atom is -0.354 e. The average molecular weight is 586 g/mol. The third-order valence-electron chi connectivity index (χ3n) is 7.14. The number of carbonyl (C=O) groups excluding carboxylic acids is 2. The van der Waals surface area contributed by atoms with Gasteiger partial charge < -0.3 is 10.2 Å². The molecule has 4 rings (SSSR count). The molecule has 0 aliphatic carbocycles. The highest BCUT2D eigenvalue weighted by atomic mass is 32.2. The van der Waals surface area contributed by atoms with Crippen LogP contribution in [0.1, 0.15) is 30.5 Å². The number of carbonyl (C=O) groups is 2. The molecule has 0 fully saturated rings. The highest BCUT2D eigenvalue weighted by Crippen LogP contribution is 2.29. The molecule has 0 aliphatic heterocycles. The molecular weight excluding hydrogens is 546 g/mol. The van der Waals surface area contributed by atoms with Crippen LogP contribution in [0.15, 0.2) is 97.1 Å². The van der Waals surface area contributed by atoms with Crippen LogP contribution in [0.4, 0.5) is 5.69 Å². The van der Waals surface area contributed by atoms with Crippen LogP contribution in [0.25, 0.3) is 10.8 Å². The van der Waals surface area contributed by atoms with Crippen LogP contribution in [0.2, 0.25) is 0 Å². The molecule has 8 heteroatoms. The number of sulfonamides is 1. The molecule has 0 bridgehead atoms. The lowest BCUT2D eigenvalue weighted by Gasteiger charge is -2.34. The van der Waals surface area contributed by atoms with Crippen LogP contribution in [0.5, 0.6) is 0 Å². The van der Waals surface area contributed by atoms with Crippen molar-refractivity contribution >= 4 is 38.3 Å². The van der Waals surface area contributed by atoms with E-state index < -0.39 is 28.5 Å². The second kappa shape index (κ2) is 13.7. The predicted molar refractivity (Wildman–Crippen MR) is 170 cm³/mol. The number of benzene rings is 4. The molecule has 1 N–H and O–H groups in total. The Balaban J connectivity index is 1.77. The Morgan fingerprint density at radius 3 is 2.12 bits per heavy atom. The summed E-state index contributed by atoms with van der Waals surface area (Å²) in [5.74, 6) is -0.515. The molecule has 0 spiro atoms. The van der Waals surface area contributed by atoms with Crippen molar-refractivity contribution in [2.24, 2.45) is 5.92 Å². The Morgan fingerprint density at radius 2 is 1.45 bits per heavy atom. The minimum atomic E-state index is -3.86. The lowest BCUT2D eigenvalue weighted by molar-refractivity contribution is -0.140. The van der Waals surface area contributed by atoms with Crippen molar-refractivity contribution in [3.05, 3.63) is 114 Å². The van der Waals surface area contributed by atoms with E-state index in [1.807, 2.05) is 106 Å². The fourth-order valence-electron chi connectivity index (χ4n) is 4.89. The molecule has 42 heavy (non-hydrogen) atoms. The molecule has 0 aromatic heterocycles. The summed E-state index contributed by atoms with van der Waals surface area (Å²) in [4.78, 5) is 29.6. The Labute approximate surface area is 249 Å². The van der Waals surface area contributed by atoms with Gasteiger partial charge in [-0.2, -0.15) is 0 Å². The van der Waals surface area contributed by atoms with Gasteiger partial charge in [-0.15, -0.1) is 0 Å². The quantitative estimate of drug-likeness (QED) is 0.244. The molecule has 4 aromatic carbocycles. The number of hydrogen-bond donors (Lipinski definition) is 1. The molecule has 0 saturated heterocycles. The van der Waals surface area contributed by atoms with E-state index in [0.717, 1.165) is 38.0 Å². The van der Waals surface area contributed by atoms with Crippen molar-refractivity contribution in [3.63, 3.8) is 0 Å². The van der Waals surface area contributed by atoms with Gasteiger partial charge in [0, 0.05) is 24.9 Å². The Hall–Kier alpha value is -4.17. The van der Waals surface area contributed by atoms with Gasteiger partial charge in [0.15, 0.2) is 0 Å². The first-order chi connectivity index (χ1) is 20.0. The van der Waals surface area contributed by atoms with E-state index in [2.05, 4.69) is 5.32 Å². The molecule has 0 heterocycles. The highest BCUT2D eigenvalue weighted by Gasteiger charge is 2.33. The summed E-state index contributed by atoms with van der Waals surface area (Å²) >= 11 is 0. The van der Waals surface area contributed by atoms with Crippen LogP contribution in [-0.2, 0) is 32.6 Å². The third kappa shape index (κ3) is 7.97. The first kappa shape index (κ1) is 30.8. The van der Waals surface area contributed by atoms with E-state index >= 15 is 0 Å². The number of rotatable bonds is 12. The molecule has 0 aliphatic rings. The van der Waals surface area contributed by atoms with Crippen LogP contribution in [0, 0.1) is 12.8 Å². The monoisotopic (exact) mass is 585 g/mol. The lowest BCUT2D eigenvalue weighted by atomic mass is 10.0. The average Bonchev–Trinajstić information content (AvgIpc) is 2.97. The number of anilines is 1. The zero-order chi connectivity index (χ0) is 30.3. The zero-order valence-electron chi connectivity index (χ0n) is 24.7. The van der Waals surface area contributed by atoms with Gasteiger partial charge in [0.05, 0.1) is 11.9 Å². The van der Waals surface area contributed by atoms with Crippen molar-refractivity contribution in [1.29, 1.82) is 0 Å². The van der Waals surface area contributed by atoms with Crippen LogP contribution < -0.4 is 9.62 Å². The second-order valence-corrected chi connectivity index (χ2v) is 13.0. The van der Waals surface area contributed by atoms with E-state index in [0.29, 0.717) is 12.2 Å². The zero-order valence-corrected chi connectivity index (χ0v) is 25.5. The second-order valence-electron chi connectivity index (χ2n) is 11.1. The maximum absolute atomic E-state index is 14.3. The van der Waals surface area contributed by atoms with Gasteiger partial charge in [0.25, 0.3) is 0 Å². The largest absolute Gasteiger partial charge is 0.354 e. The van der Waals surface area contributed by atoms with Crippen molar-refractivity contribution in [2.75, 3.05) is 23.7 Å². The molecule has 0 radical (unpaired) electrons. The molecule has 220 valence electrons. The van der Waals surface area contributed by atoms with Gasteiger partial charge in [0.1, 0.15) is 12.6 Å². The third-order valence-corrected chi connectivity index (χ3v) is 8.27. The Morgan fingerprint density at radius 1 is 0.810 bits per heavy atom. The lowest BCUT2D eigenvalue weighted by Crippen LogP contribution is -2.53. The normalized spacial score (nSPS) is 12.2. The first-order valence-corrected chi connectivity index (χ1v) is 16.0. The number of nitrogens with one attached hydrogen (secondary N) is 1. The SMILES string of the molecule is Cc1ccc(CN(C(=O)CN(c2cccc3ccccc23)S(C)(=O)=O)[C@@H](Cc2ccccc2)C(=O)NCC(C)C)cc1. The first-order valence-electron chi connectivity index (χ1n) is 14.1. The van der Waals surface area contributed by atoms with Crippen LogP contribution in [-0.4, -0.2) is 50.5 Å². The standard InChI is InChI=1S/C34H39N3O4S/c1-25(2)22-35-34(39)32(21-27-11-6-5-7-12-27)36(23-28-19-17-26(3)18-20-28)33(38)24-37(42(4,40)41)31-16-10-14-29-13-8-9-15-30(29)31/h5-20,25,32H,21-24H2,1-4H3,(H,35,39)/t32-/m0/s1. The predicted octanol–water partition coefficient (Wildman–Crippen LogP) is 5.33. The molecular formula is C34H39N3O4S. The van der Waals surface area contributed by atoms with Gasteiger partial charge in [0.2, 0.25) is 21.8 Å². The van der Waals surface area contributed by atoms with E-state index in [1.165, 1.54) is 4.90 Å². The molecule has 2 amide bonds.